The maximum atomic E-state index is 6.01. The van der Waals surface area contributed by atoms with Crippen LogP contribution < -0.4 is 0 Å². The van der Waals surface area contributed by atoms with Gasteiger partial charge < -0.3 is 4.43 Å². The third-order valence-corrected chi connectivity index (χ3v) is 10.0. The Morgan fingerprint density at radius 2 is 1.69 bits per heavy atom. The molecule has 1 unspecified atom stereocenters. The lowest BCUT2D eigenvalue weighted by atomic mass is 9.98. The van der Waals surface area contributed by atoms with Gasteiger partial charge in [-0.2, -0.15) is 0 Å². The average Bonchev–Trinajstić information content (AvgIpc) is 2.17. The molecular weight excluding hydrogens is 327 g/mol. The van der Waals surface area contributed by atoms with Gasteiger partial charge in [0.2, 0.25) is 0 Å². The second-order valence-corrected chi connectivity index (χ2v) is 12.3. The zero-order valence-electron chi connectivity index (χ0n) is 11.7. The molecule has 0 rings (SSSR count). The quantitative estimate of drug-likeness (QED) is 0.320. The lowest BCUT2D eigenvalue weighted by molar-refractivity contribution is 0.270. The second kappa shape index (κ2) is 8.92. The van der Waals surface area contributed by atoms with Crippen LogP contribution in [0.1, 0.15) is 46.5 Å². The molecule has 3 heteroatoms. The molecule has 0 aromatic carbocycles. The van der Waals surface area contributed by atoms with E-state index < -0.39 is 8.32 Å². The minimum atomic E-state index is -1.31. The fourth-order valence-corrected chi connectivity index (χ4v) is 3.00. The highest BCUT2D eigenvalue weighted by molar-refractivity contribution is 14.1. The number of halogens is 1. The molecule has 0 fully saturated rings. The van der Waals surface area contributed by atoms with Crippen LogP contribution in [0.2, 0.25) is 13.1 Å². The van der Waals surface area contributed by atoms with Crippen LogP contribution >= 0.6 is 22.6 Å². The Bertz CT molecular complexity index is 171. The maximum absolute atomic E-state index is 6.01. The predicted octanol–water partition coefficient (Wildman–Crippen LogP) is 5.03. The van der Waals surface area contributed by atoms with Crippen molar-refractivity contribution >= 4 is 30.9 Å². The largest absolute Gasteiger partial charge is 0.417 e. The standard InChI is InChI=1S/C13H29IOSi/c1-12(2)7-6-8-13(3)9-10-15-16(4,5)11-14/h12-13H,6-11H2,1-5H3. The van der Waals surface area contributed by atoms with Gasteiger partial charge in [0.1, 0.15) is 0 Å². The van der Waals surface area contributed by atoms with Crippen molar-refractivity contribution in [1.29, 1.82) is 0 Å². The maximum Gasteiger partial charge on any atom is 0.196 e. The molecule has 98 valence electrons. The molecule has 0 aliphatic rings. The molecule has 0 saturated carbocycles. The predicted molar refractivity (Wildman–Crippen MR) is 84.8 cm³/mol. The normalized spacial score (nSPS) is 14.4. The summed E-state index contributed by atoms with van der Waals surface area (Å²) in [5.74, 6) is 1.69. The summed E-state index contributed by atoms with van der Waals surface area (Å²) in [6, 6.07) is 0. The van der Waals surface area contributed by atoms with Gasteiger partial charge in [0.05, 0.1) is 0 Å². The summed E-state index contributed by atoms with van der Waals surface area (Å²) in [6.45, 7) is 12.6. The molecule has 0 aliphatic heterocycles. The number of hydrogen-bond acceptors (Lipinski definition) is 1. The van der Waals surface area contributed by atoms with Crippen LogP contribution in [-0.2, 0) is 4.43 Å². The van der Waals surface area contributed by atoms with E-state index >= 15 is 0 Å². The zero-order chi connectivity index (χ0) is 12.6. The molecule has 1 atom stereocenters. The van der Waals surface area contributed by atoms with E-state index in [2.05, 4.69) is 56.5 Å². The Labute approximate surface area is 117 Å². The Morgan fingerprint density at radius 1 is 1.06 bits per heavy atom. The van der Waals surface area contributed by atoms with Crippen molar-refractivity contribution < 1.29 is 4.43 Å². The van der Waals surface area contributed by atoms with E-state index in [1.807, 2.05) is 0 Å². The highest BCUT2D eigenvalue weighted by Crippen LogP contribution is 2.16. The summed E-state index contributed by atoms with van der Waals surface area (Å²) in [7, 11) is -1.31. The van der Waals surface area contributed by atoms with Crippen LogP contribution in [0.3, 0.4) is 0 Å². The second-order valence-electron chi connectivity index (χ2n) is 5.96. The van der Waals surface area contributed by atoms with Crippen molar-refractivity contribution in [3.8, 4) is 0 Å². The highest BCUT2D eigenvalue weighted by atomic mass is 127. The molecule has 0 bridgehead atoms. The third kappa shape index (κ3) is 10.1. The van der Waals surface area contributed by atoms with E-state index in [1.165, 1.54) is 29.7 Å². The van der Waals surface area contributed by atoms with E-state index in [0.29, 0.717) is 0 Å². The molecule has 0 aromatic rings. The van der Waals surface area contributed by atoms with Gasteiger partial charge in [0.25, 0.3) is 0 Å². The van der Waals surface area contributed by atoms with Gasteiger partial charge in [-0.1, -0.05) is 62.6 Å². The molecule has 1 nitrogen and oxygen atoms in total. The van der Waals surface area contributed by atoms with Gasteiger partial charge in [0, 0.05) is 10.7 Å². The molecule has 0 amide bonds. The SMILES string of the molecule is CC(C)CCCC(C)CCO[Si](C)(C)CI. The summed E-state index contributed by atoms with van der Waals surface area (Å²) in [5.41, 5.74) is 0. The van der Waals surface area contributed by atoms with Crippen molar-refractivity contribution in [1.82, 2.24) is 0 Å². The van der Waals surface area contributed by atoms with Crippen LogP contribution in [0, 0.1) is 11.8 Å². The van der Waals surface area contributed by atoms with Gasteiger partial charge in [-0.25, -0.2) is 0 Å². The van der Waals surface area contributed by atoms with Crippen LogP contribution in [0.15, 0.2) is 0 Å². The Hall–Kier alpha value is 0.907. The van der Waals surface area contributed by atoms with E-state index in [4.69, 9.17) is 4.43 Å². The lowest BCUT2D eigenvalue weighted by Gasteiger charge is -2.21. The van der Waals surface area contributed by atoms with Crippen LogP contribution in [0.25, 0.3) is 0 Å². The first-order valence-electron chi connectivity index (χ1n) is 6.57. The van der Waals surface area contributed by atoms with Gasteiger partial charge in [-0.3, -0.25) is 0 Å². The smallest absolute Gasteiger partial charge is 0.196 e. The van der Waals surface area contributed by atoms with Crippen molar-refractivity contribution in [2.45, 2.75) is 59.5 Å². The molecule has 16 heavy (non-hydrogen) atoms. The van der Waals surface area contributed by atoms with Crippen LogP contribution in [-0.4, -0.2) is 19.0 Å². The first-order chi connectivity index (χ1) is 7.37. The first-order valence-corrected chi connectivity index (χ1v) is 11.2. The average molecular weight is 356 g/mol. The number of alkyl halides is 1. The van der Waals surface area contributed by atoms with Gasteiger partial charge in [-0.15, -0.1) is 0 Å². The molecule has 0 aliphatic carbocycles. The Kier molecular flexibility index (Phi) is 9.43. The third-order valence-electron chi connectivity index (χ3n) is 2.90. The van der Waals surface area contributed by atoms with Gasteiger partial charge >= 0.3 is 0 Å². The van der Waals surface area contributed by atoms with Crippen molar-refractivity contribution in [3.05, 3.63) is 0 Å². The minimum Gasteiger partial charge on any atom is -0.417 e. The summed E-state index contributed by atoms with van der Waals surface area (Å²) < 4.78 is 7.21. The van der Waals surface area contributed by atoms with E-state index in [1.54, 1.807) is 0 Å². The fourth-order valence-electron chi connectivity index (χ4n) is 1.59. The fraction of sp³-hybridized carbons (Fsp3) is 1.00. The topological polar surface area (TPSA) is 9.23 Å². The summed E-state index contributed by atoms with van der Waals surface area (Å²) in [6.07, 6.45) is 5.37. The molecular formula is C13H29IOSi. The molecule has 0 N–H and O–H groups in total. The van der Waals surface area contributed by atoms with Crippen molar-refractivity contribution in [2.75, 3.05) is 10.7 Å². The van der Waals surface area contributed by atoms with E-state index in [9.17, 15) is 0 Å². The van der Waals surface area contributed by atoms with Crippen molar-refractivity contribution in [3.63, 3.8) is 0 Å². The van der Waals surface area contributed by atoms with Gasteiger partial charge in [-0.05, 0) is 31.4 Å². The number of rotatable bonds is 9. The minimum absolute atomic E-state index is 0.831. The first kappa shape index (κ1) is 16.9. The Balaban J connectivity index is 3.47. The Morgan fingerprint density at radius 3 is 2.19 bits per heavy atom. The van der Waals surface area contributed by atoms with E-state index in [0.717, 1.165) is 18.4 Å². The zero-order valence-corrected chi connectivity index (χ0v) is 14.8. The highest BCUT2D eigenvalue weighted by Gasteiger charge is 2.20. The molecule has 0 radical (unpaired) electrons. The number of hydrogen-bond donors (Lipinski definition) is 0. The van der Waals surface area contributed by atoms with Crippen LogP contribution in [0.4, 0.5) is 0 Å². The molecule has 0 spiro atoms. The van der Waals surface area contributed by atoms with E-state index in [-0.39, 0.29) is 0 Å². The lowest BCUT2D eigenvalue weighted by Crippen LogP contribution is -2.33. The van der Waals surface area contributed by atoms with Crippen molar-refractivity contribution in [2.24, 2.45) is 11.8 Å². The molecule has 0 heterocycles. The summed E-state index contributed by atoms with van der Waals surface area (Å²) in [4.78, 5) is 0. The molecule has 0 aromatic heterocycles. The van der Waals surface area contributed by atoms with Crippen LogP contribution in [0.5, 0.6) is 0 Å². The molecule has 0 saturated heterocycles. The summed E-state index contributed by atoms with van der Waals surface area (Å²) in [5, 5.41) is 0. The van der Waals surface area contributed by atoms with Gasteiger partial charge in [0.15, 0.2) is 8.32 Å². The summed E-state index contributed by atoms with van der Waals surface area (Å²) >= 11 is 2.45. The monoisotopic (exact) mass is 356 g/mol.